The number of nitrogens with zero attached hydrogens (tertiary/aromatic N) is 2. The molecule has 5 heteroatoms. The van der Waals surface area contributed by atoms with Gasteiger partial charge in [-0.25, -0.2) is 9.78 Å². The van der Waals surface area contributed by atoms with Crippen LogP contribution in [0.2, 0.25) is 0 Å². The predicted molar refractivity (Wildman–Crippen MR) is 52.0 cm³/mol. The molecule has 0 aliphatic rings. The first-order valence-electron chi connectivity index (χ1n) is 4.29. The van der Waals surface area contributed by atoms with E-state index >= 15 is 0 Å². The van der Waals surface area contributed by atoms with Gasteiger partial charge >= 0.3 is 5.97 Å². The van der Waals surface area contributed by atoms with Gasteiger partial charge in [-0.3, -0.25) is 0 Å². The average molecular weight is 204 g/mol. The fraction of sp³-hybridized carbons (Fsp3) is 0.100. The highest BCUT2D eigenvalue weighted by Crippen LogP contribution is 2.13. The van der Waals surface area contributed by atoms with E-state index in [1.165, 1.54) is 19.5 Å². The summed E-state index contributed by atoms with van der Waals surface area (Å²) in [5.41, 5.74) is 0.988. The minimum atomic E-state index is -0.501. The van der Waals surface area contributed by atoms with Crippen LogP contribution in [0.3, 0.4) is 0 Å². The Bertz CT molecular complexity index is 525. The van der Waals surface area contributed by atoms with Crippen molar-refractivity contribution in [2.75, 3.05) is 7.11 Å². The lowest BCUT2D eigenvalue weighted by molar-refractivity contribution is -0.577. The van der Waals surface area contributed by atoms with Crippen LogP contribution in [-0.2, 0) is 4.74 Å². The average Bonchev–Trinajstić information content (AvgIpc) is 2.28. The molecule has 76 valence electrons. The standard InChI is InChI=1S/C10H8N2O3/c1-15-10(13)7-3-2-4-8-9(7)11-5-6-12(8)14/h2-6H,1H3. The van der Waals surface area contributed by atoms with Crippen LogP contribution in [0.4, 0.5) is 0 Å². The van der Waals surface area contributed by atoms with Gasteiger partial charge in [-0.05, 0) is 6.07 Å². The van der Waals surface area contributed by atoms with Crippen LogP contribution in [0.5, 0.6) is 0 Å². The molecule has 0 saturated heterocycles. The largest absolute Gasteiger partial charge is 0.618 e. The third kappa shape index (κ3) is 1.48. The molecule has 0 aliphatic heterocycles. The Morgan fingerprint density at radius 1 is 1.53 bits per heavy atom. The second kappa shape index (κ2) is 3.53. The molecule has 2 rings (SSSR count). The third-order valence-electron chi connectivity index (χ3n) is 2.06. The maximum absolute atomic E-state index is 11.4. The fourth-order valence-electron chi connectivity index (χ4n) is 1.37. The van der Waals surface area contributed by atoms with E-state index in [1.807, 2.05) is 0 Å². The number of ether oxygens (including phenoxy) is 1. The van der Waals surface area contributed by atoms with Crippen LogP contribution in [-0.4, -0.2) is 18.1 Å². The van der Waals surface area contributed by atoms with Gasteiger partial charge in [0, 0.05) is 6.07 Å². The summed E-state index contributed by atoms with van der Waals surface area (Å²) in [6, 6.07) is 4.79. The van der Waals surface area contributed by atoms with Gasteiger partial charge in [-0.1, -0.05) is 6.07 Å². The molecule has 1 aromatic heterocycles. The predicted octanol–water partition coefficient (Wildman–Crippen LogP) is 0.655. The lowest BCUT2D eigenvalue weighted by atomic mass is 10.2. The Hall–Kier alpha value is -2.17. The summed E-state index contributed by atoms with van der Waals surface area (Å²) in [6.45, 7) is 0. The highest BCUT2D eigenvalue weighted by Gasteiger charge is 2.14. The molecular weight excluding hydrogens is 196 g/mol. The van der Waals surface area contributed by atoms with Gasteiger partial charge < -0.3 is 9.94 Å². The number of carbonyl (C=O) groups excluding carboxylic acids is 1. The zero-order chi connectivity index (χ0) is 10.8. The smallest absolute Gasteiger partial charge is 0.340 e. The molecular formula is C10H8N2O3. The van der Waals surface area contributed by atoms with Gasteiger partial charge in [0.2, 0.25) is 5.52 Å². The number of para-hydroxylation sites is 1. The van der Waals surface area contributed by atoms with E-state index in [0.29, 0.717) is 21.3 Å². The molecule has 0 unspecified atom stereocenters. The molecule has 0 atom stereocenters. The first-order chi connectivity index (χ1) is 7.24. The van der Waals surface area contributed by atoms with Gasteiger partial charge in [0.1, 0.15) is 0 Å². The first kappa shape index (κ1) is 9.39. The molecule has 0 fully saturated rings. The van der Waals surface area contributed by atoms with Crippen LogP contribution in [0.15, 0.2) is 30.6 Å². The molecule has 0 N–H and O–H groups in total. The van der Waals surface area contributed by atoms with E-state index in [0.717, 1.165) is 0 Å². The van der Waals surface area contributed by atoms with Gasteiger partial charge in [-0.2, -0.15) is 4.73 Å². The Labute approximate surface area is 85.5 Å². The summed E-state index contributed by atoms with van der Waals surface area (Å²) >= 11 is 0. The number of rotatable bonds is 1. The van der Waals surface area contributed by atoms with Gasteiger partial charge in [0.15, 0.2) is 11.7 Å². The van der Waals surface area contributed by atoms with Gasteiger partial charge in [0.05, 0.1) is 18.9 Å². The number of esters is 1. The first-order valence-corrected chi connectivity index (χ1v) is 4.29. The van der Waals surface area contributed by atoms with E-state index < -0.39 is 5.97 Å². The maximum atomic E-state index is 11.4. The number of aromatic nitrogens is 2. The SMILES string of the molecule is COC(=O)c1cccc2c1ncc[n+]2[O-]. The van der Waals surface area contributed by atoms with Crippen molar-refractivity contribution in [3.8, 4) is 0 Å². The summed E-state index contributed by atoms with van der Waals surface area (Å²) in [4.78, 5) is 15.4. The summed E-state index contributed by atoms with van der Waals surface area (Å²) in [6.07, 6.45) is 2.63. The Kier molecular flexibility index (Phi) is 2.21. The Morgan fingerprint density at radius 2 is 2.33 bits per heavy atom. The molecule has 2 aromatic rings. The zero-order valence-electron chi connectivity index (χ0n) is 8.01. The molecule has 0 radical (unpaired) electrons. The molecule has 1 aromatic carbocycles. The van der Waals surface area contributed by atoms with Crippen molar-refractivity contribution in [1.29, 1.82) is 0 Å². The monoisotopic (exact) mass is 204 g/mol. The normalized spacial score (nSPS) is 10.2. The highest BCUT2D eigenvalue weighted by molar-refractivity contribution is 6.00. The minimum absolute atomic E-state index is 0.292. The molecule has 0 bridgehead atoms. The van der Waals surface area contributed by atoms with E-state index in [2.05, 4.69) is 9.72 Å². The van der Waals surface area contributed by atoms with Crippen molar-refractivity contribution in [1.82, 2.24) is 4.98 Å². The van der Waals surface area contributed by atoms with E-state index in [1.54, 1.807) is 18.2 Å². The van der Waals surface area contributed by atoms with Gasteiger partial charge in [-0.15, -0.1) is 0 Å². The molecule has 15 heavy (non-hydrogen) atoms. The molecule has 0 spiro atoms. The van der Waals surface area contributed by atoms with E-state index in [-0.39, 0.29) is 0 Å². The summed E-state index contributed by atoms with van der Waals surface area (Å²) in [5.74, 6) is -0.501. The summed E-state index contributed by atoms with van der Waals surface area (Å²) in [5, 5.41) is 11.4. The van der Waals surface area contributed by atoms with Crippen molar-refractivity contribution < 1.29 is 14.3 Å². The molecule has 0 saturated carbocycles. The second-order valence-electron chi connectivity index (χ2n) is 2.92. The van der Waals surface area contributed by atoms with Crippen molar-refractivity contribution in [2.45, 2.75) is 0 Å². The quantitative estimate of drug-likeness (QED) is 0.388. The van der Waals surface area contributed by atoms with Crippen LogP contribution in [0.25, 0.3) is 11.0 Å². The number of fused-ring (bicyclic) bond motifs is 1. The minimum Gasteiger partial charge on any atom is -0.618 e. The number of carbonyl (C=O) groups is 1. The number of methoxy groups -OCH3 is 1. The lowest BCUT2D eigenvalue weighted by Crippen LogP contribution is -2.27. The summed E-state index contributed by atoms with van der Waals surface area (Å²) in [7, 11) is 1.29. The number of hydrogen-bond donors (Lipinski definition) is 0. The third-order valence-corrected chi connectivity index (χ3v) is 2.06. The van der Waals surface area contributed by atoms with E-state index in [4.69, 9.17) is 0 Å². The van der Waals surface area contributed by atoms with Crippen molar-refractivity contribution in [3.05, 3.63) is 41.4 Å². The topological polar surface area (TPSA) is 66.1 Å². The second-order valence-corrected chi connectivity index (χ2v) is 2.92. The fourth-order valence-corrected chi connectivity index (χ4v) is 1.37. The molecule has 0 aliphatic carbocycles. The van der Waals surface area contributed by atoms with Crippen LogP contribution >= 0.6 is 0 Å². The zero-order valence-corrected chi connectivity index (χ0v) is 8.01. The molecule has 0 amide bonds. The van der Waals surface area contributed by atoms with Crippen molar-refractivity contribution in [2.24, 2.45) is 0 Å². The van der Waals surface area contributed by atoms with Crippen LogP contribution in [0, 0.1) is 5.21 Å². The Morgan fingerprint density at radius 3 is 3.07 bits per heavy atom. The number of benzene rings is 1. The van der Waals surface area contributed by atoms with Gasteiger partial charge in [0.25, 0.3) is 0 Å². The maximum Gasteiger partial charge on any atom is 0.340 e. The number of hydrogen-bond acceptors (Lipinski definition) is 4. The molecule has 1 heterocycles. The van der Waals surface area contributed by atoms with Crippen molar-refractivity contribution >= 4 is 17.0 Å². The summed E-state index contributed by atoms with van der Waals surface area (Å²) < 4.78 is 5.26. The lowest BCUT2D eigenvalue weighted by Gasteiger charge is -2.03. The highest BCUT2D eigenvalue weighted by atomic mass is 16.5. The van der Waals surface area contributed by atoms with Crippen LogP contribution < -0.4 is 4.73 Å². The van der Waals surface area contributed by atoms with E-state index in [9.17, 15) is 10.0 Å². The Balaban J connectivity index is 2.77. The molecule has 5 nitrogen and oxygen atoms in total. The van der Waals surface area contributed by atoms with Crippen molar-refractivity contribution in [3.63, 3.8) is 0 Å². The van der Waals surface area contributed by atoms with Crippen LogP contribution in [0.1, 0.15) is 10.4 Å².